The van der Waals surface area contributed by atoms with Crippen LogP contribution in [0.2, 0.25) is 0 Å². The van der Waals surface area contributed by atoms with Gasteiger partial charge in [0.2, 0.25) is 5.91 Å². The highest BCUT2D eigenvalue weighted by Crippen LogP contribution is 2.19. The fraction of sp³-hybridized carbons (Fsp3) is 0.300. The molecule has 0 aliphatic carbocycles. The van der Waals surface area contributed by atoms with Gasteiger partial charge in [-0.25, -0.2) is 4.39 Å². The average molecular weight is 372 g/mol. The lowest BCUT2D eigenvalue weighted by molar-refractivity contribution is -0.123. The lowest BCUT2D eigenvalue weighted by atomic mass is 10.1. The van der Waals surface area contributed by atoms with E-state index in [1.165, 1.54) is 12.1 Å². The van der Waals surface area contributed by atoms with Crippen LogP contribution in [0.25, 0.3) is 0 Å². The zero-order chi connectivity index (χ0) is 19.1. The number of rotatable bonds is 6. The van der Waals surface area contributed by atoms with Gasteiger partial charge in [0, 0.05) is 18.1 Å². The molecule has 0 saturated carbocycles. The van der Waals surface area contributed by atoms with Crippen molar-refractivity contribution in [2.75, 3.05) is 19.8 Å². The number of hydrogen-bond donors (Lipinski definition) is 2. The molecule has 6 nitrogen and oxygen atoms in total. The lowest BCUT2D eigenvalue weighted by Gasteiger charge is -2.32. The minimum absolute atomic E-state index is 0.156. The molecule has 1 saturated heterocycles. The maximum atomic E-state index is 13.3. The van der Waals surface area contributed by atoms with Crippen LogP contribution in [0.15, 0.2) is 54.6 Å². The number of carbonyl (C=O) groups is 2. The van der Waals surface area contributed by atoms with Crippen LogP contribution in [0.3, 0.4) is 0 Å². The molecule has 0 radical (unpaired) electrons. The minimum atomic E-state index is -0.386. The minimum Gasteiger partial charge on any atom is -0.488 e. The maximum Gasteiger partial charge on any atom is 0.251 e. The third-order valence-corrected chi connectivity index (χ3v) is 4.17. The third-order valence-electron chi connectivity index (χ3n) is 4.17. The molecule has 7 heteroatoms. The van der Waals surface area contributed by atoms with Gasteiger partial charge in [-0.3, -0.25) is 9.59 Å². The van der Waals surface area contributed by atoms with E-state index in [1.807, 2.05) is 6.07 Å². The molecule has 2 atom stereocenters. The summed E-state index contributed by atoms with van der Waals surface area (Å²) in [6, 6.07) is 14.1. The SMILES string of the molecule is O=C(CNC(=O)c1ccccc1)NC1COCCC1Oc1cccc(F)c1. The molecular weight excluding hydrogens is 351 g/mol. The molecule has 27 heavy (non-hydrogen) atoms. The van der Waals surface area contributed by atoms with Crippen molar-refractivity contribution in [3.05, 3.63) is 66.0 Å². The second-order valence-electron chi connectivity index (χ2n) is 6.20. The Kier molecular flexibility index (Phi) is 6.38. The Balaban J connectivity index is 1.52. The average Bonchev–Trinajstić information content (AvgIpc) is 2.68. The van der Waals surface area contributed by atoms with Crippen LogP contribution < -0.4 is 15.4 Å². The topological polar surface area (TPSA) is 76.7 Å². The van der Waals surface area contributed by atoms with Gasteiger partial charge < -0.3 is 20.1 Å². The maximum absolute atomic E-state index is 13.3. The summed E-state index contributed by atoms with van der Waals surface area (Å²) in [5.41, 5.74) is 0.485. The van der Waals surface area contributed by atoms with Crippen molar-refractivity contribution in [1.82, 2.24) is 10.6 Å². The molecule has 142 valence electrons. The summed E-state index contributed by atoms with van der Waals surface area (Å²) < 4.78 is 24.6. The number of benzene rings is 2. The summed E-state index contributed by atoms with van der Waals surface area (Å²) in [7, 11) is 0. The second kappa shape index (κ2) is 9.14. The van der Waals surface area contributed by atoms with E-state index in [9.17, 15) is 14.0 Å². The smallest absolute Gasteiger partial charge is 0.251 e. The van der Waals surface area contributed by atoms with Gasteiger partial charge in [-0.2, -0.15) is 0 Å². The van der Waals surface area contributed by atoms with Crippen molar-refractivity contribution in [3.8, 4) is 5.75 Å². The Morgan fingerprint density at radius 1 is 1.15 bits per heavy atom. The first-order valence-corrected chi connectivity index (χ1v) is 8.74. The van der Waals surface area contributed by atoms with Crippen LogP contribution in [-0.4, -0.2) is 43.7 Å². The van der Waals surface area contributed by atoms with E-state index >= 15 is 0 Å². The van der Waals surface area contributed by atoms with Crippen molar-refractivity contribution < 1.29 is 23.5 Å². The fourth-order valence-corrected chi connectivity index (χ4v) is 2.82. The summed E-state index contributed by atoms with van der Waals surface area (Å²) in [5.74, 6) is -0.650. The zero-order valence-corrected chi connectivity index (χ0v) is 14.7. The van der Waals surface area contributed by atoms with E-state index < -0.39 is 0 Å². The summed E-state index contributed by atoms with van der Waals surface area (Å²) in [6.45, 7) is 0.631. The van der Waals surface area contributed by atoms with Crippen LogP contribution in [-0.2, 0) is 9.53 Å². The predicted octanol–water partition coefficient (Wildman–Crippen LogP) is 1.91. The van der Waals surface area contributed by atoms with E-state index in [0.717, 1.165) is 0 Å². The molecule has 0 spiro atoms. The second-order valence-corrected chi connectivity index (χ2v) is 6.20. The number of carbonyl (C=O) groups excluding carboxylic acids is 2. The summed E-state index contributed by atoms with van der Waals surface area (Å²) >= 11 is 0. The van der Waals surface area contributed by atoms with Crippen molar-refractivity contribution >= 4 is 11.8 Å². The standard InChI is InChI=1S/C20H21FN2O4/c21-15-7-4-8-16(11-15)27-18-9-10-26-13-17(18)23-19(24)12-22-20(25)14-5-2-1-3-6-14/h1-8,11,17-18H,9-10,12-13H2,(H,22,25)(H,23,24). The number of ether oxygens (including phenoxy) is 2. The van der Waals surface area contributed by atoms with Crippen molar-refractivity contribution in [3.63, 3.8) is 0 Å². The van der Waals surface area contributed by atoms with Crippen molar-refractivity contribution in [2.45, 2.75) is 18.6 Å². The van der Waals surface area contributed by atoms with E-state index in [0.29, 0.717) is 30.9 Å². The number of halogens is 1. The van der Waals surface area contributed by atoms with Crippen molar-refractivity contribution in [1.29, 1.82) is 0 Å². The number of amides is 2. The van der Waals surface area contributed by atoms with Gasteiger partial charge in [0.1, 0.15) is 17.7 Å². The Bertz CT molecular complexity index is 785. The van der Waals surface area contributed by atoms with Crippen LogP contribution in [0.5, 0.6) is 5.75 Å². The van der Waals surface area contributed by atoms with Gasteiger partial charge in [-0.05, 0) is 24.3 Å². The highest BCUT2D eigenvalue weighted by molar-refractivity contribution is 5.96. The molecule has 3 rings (SSSR count). The van der Waals surface area contributed by atoms with Crippen molar-refractivity contribution in [2.24, 2.45) is 0 Å². The van der Waals surface area contributed by atoms with Crippen LogP contribution in [0, 0.1) is 5.82 Å². The zero-order valence-electron chi connectivity index (χ0n) is 14.7. The van der Waals surface area contributed by atoms with E-state index in [-0.39, 0.29) is 36.3 Å². The van der Waals surface area contributed by atoms with E-state index in [2.05, 4.69) is 10.6 Å². The Morgan fingerprint density at radius 3 is 2.74 bits per heavy atom. The molecule has 2 N–H and O–H groups in total. The molecule has 1 aliphatic heterocycles. The first kappa shape index (κ1) is 18.8. The predicted molar refractivity (Wildman–Crippen MR) is 97.0 cm³/mol. The normalized spacial score (nSPS) is 19.1. The molecule has 2 aromatic carbocycles. The molecule has 1 heterocycles. The molecule has 0 aromatic heterocycles. The van der Waals surface area contributed by atoms with Gasteiger partial charge in [-0.15, -0.1) is 0 Å². The first-order valence-electron chi connectivity index (χ1n) is 8.74. The van der Waals surface area contributed by atoms with Gasteiger partial charge in [-0.1, -0.05) is 24.3 Å². The van der Waals surface area contributed by atoms with E-state index in [4.69, 9.17) is 9.47 Å². The number of nitrogens with one attached hydrogen (secondary N) is 2. The Morgan fingerprint density at radius 2 is 1.96 bits per heavy atom. The van der Waals surface area contributed by atoms with Gasteiger partial charge in [0.05, 0.1) is 25.8 Å². The Labute approximate surface area is 156 Å². The molecule has 1 aliphatic rings. The molecule has 0 bridgehead atoms. The molecule has 2 unspecified atom stereocenters. The van der Waals surface area contributed by atoms with Gasteiger partial charge in [0.25, 0.3) is 5.91 Å². The summed E-state index contributed by atoms with van der Waals surface area (Å²) in [4.78, 5) is 24.2. The fourth-order valence-electron chi connectivity index (χ4n) is 2.82. The number of hydrogen-bond acceptors (Lipinski definition) is 4. The third kappa shape index (κ3) is 5.52. The highest BCUT2D eigenvalue weighted by atomic mass is 19.1. The largest absolute Gasteiger partial charge is 0.488 e. The van der Waals surface area contributed by atoms with E-state index in [1.54, 1.807) is 36.4 Å². The monoisotopic (exact) mass is 372 g/mol. The van der Waals surface area contributed by atoms with Gasteiger partial charge in [0.15, 0.2) is 0 Å². The molecule has 2 aromatic rings. The van der Waals surface area contributed by atoms with Gasteiger partial charge >= 0.3 is 0 Å². The first-order chi connectivity index (χ1) is 13.1. The lowest BCUT2D eigenvalue weighted by Crippen LogP contribution is -2.53. The van der Waals surface area contributed by atoms with Crippen LogP contribution in [0.1, 0.15) is 16.8 Å². The highest BCUT2D eigenvalue weighted by Gasteiger charge is 2.29. The molecule has 1 fully saturated rings. The van der Waals surface area contributed by atoms with Crippen LogP contribution in [0.4, 0.5) is 4.39 Å². The summed E-state index contributed by atoms with van der Waals surface area (Å²) in [6.07, 6.45) is 0.229. The molecular formula is C20H21FN2O4. The summed E-state index contributed by atoms with van der Waals surface area (Å²) in [5, 5.41) is 5.39. The quantitative estimate of drug-likeness (QED) is 0.812. The van der Waals surface area contributed by atoms with Crippen LogP contribution >= 0.6 is 0 Å². The Hall–Kier alpha value is -2.93. The molecule has 2 amide bonds.